The molecule has 1 spiro atoms. The van der Waals surface area contributed by atoms with Gasteiger partial charge in [-0.05, 0) is 41.8 Å². The third kappa shape index (κ3) is 2.17. The lowest BCUT2D eigenvalue weighted by atomic mass is 9.94. The zero-order valence-electron chi connectivity index (χ0n) is 12.6. The first-order valence-corrected chi connectivity index (χ1v) is 8.65. The van der Waals surface area contributed by atoms with Gasteiger partial charge in [0.05, 0.1) is 17.5 Å². The summed E-state index contributed by atoms with van der Waals surface area (Å²) in [5.74, 6) is 0.908. The molecule has 1 heterocycles. The van der Waals surface area contributed by atoms with Crippen LogP contribution in [0.5, 0.6) is 5.75 Å². The van der Waals surface area contributed by atoms with E-state index in [-0.39, 0.29) is 10.8 Å². The molecule has 1 fully saturated rings. The van der Waals surface area contributed by atoms with Gasteiger partial charge in [-0.3, -0.25) is 4.79 Å². The SMILES string of the molecule is COc1ccc2ccc3c(c2c1)SC1(CCCCC1)NC3=O. The van der Waals surface area contributed by atoms with E-state index in [1.807, 2.05) is 30.0 Å². The third-order valence-electron chi connectivity index (χ3n) is 4.72. The van der Waals surface area contributed by atoms with Crippen LogP contribution >= 0.6 is 11.8 Å². The number of thioether (sulfide) groups is 1. The highest BCUT2D eigenvalue weighted by Gasteiger charge is 2.40. The van der Waals surface area contributed by atoms with Crippen molar-refractivity contribution in [3.63, 3.8) is 0 Å². The number of hydrogen-bond acceptors (Lipinski definition) is 3. The molecule has 2 aromatic carbocycles. The summed E-state index contributed by atoms with van der Waals surface area (Å²) in [5, 5.41) is 5.56. The fourth-order valence-electron chi connectivity index (χ4n) is 3.53. The second kappa shape index (κ2) is 5.20. The highest BCUT2D eigenvalue weighted by atomic mass is 32.2. The van der Waals surface area contributed by atoms with Crippen molar-refractivity contribution < 1.29 is 9.53 Å². The lowest BCUT2D eigenvalue weighted by Gasteiger charge is -2.41. The number of methoxy groups -OCH3 is 1. The fraction of sp³-hybridized carbons (Fsp3) is 0.389. The Kier molecular flexibility index (Phi) is 3.30. The van der Waals surface area contributed by atoms with Gasteiger partial charge in [0.25, 0.3) is 5.91 Å². The maximum absolute atomic E-state index is 12.6. The molecular weight excluding hydrogens is 294 g/mol. The zero-order chi connectivity index (χ0) is 15.2. The molecule has 2 aromatic rings. The number of rotatable bonds is 1. The summed E-state index contributed by atoms with van der Waals surface area (Å²) in [5.41, 5.74) is 0.793. The molecular formula is C18H19NO2S. The number of ether oxygens (including phenoxy) is 1. The van der Waals surface area contributed by atoms with Crippen molar-refractivity contribution >= 4 is 28.4 Å². The quantitative estimate of drug-likeness (QED) is 0.851. The number of amides is 1. The summed E-state index contributed by atoms with van der Waals surface area (Å²) in [6.45, 7) is 0. The van der Waals surface area contributed by atoms with E-state index >= 15 is 0 Å². The van der Waals surface area contributed by atoms with Gasteiger partial charge in [-0.2, -0.15) is 0 Å². The zero-order valence-corrected chi connectivity index (χ0v) is 13.5. The molecule has 1 amide bonds. The predicted molar refractivity (Wildman–Crippen MR) is 89.6 cm³/mol. The van der Waals surface area contributed by atoms with Crippen LogP contribution in [0.15, 0.2) is 35.2 Å². The predicted octanol–water partition coefficient (Wildman–Crippen LogP) is 4.34. The third-order valence-corrected chi connectivity index (χ3v) is 6.27. The van der Waals surface area contributed by atoms with Crippen molar-refractivity contribution in [1.82, 2.24) is 5.32 Å². The molecule has 0 saturated heterocycles. The van der Waals surface area contributed by atoms with Gasteiger partial charge in [0.15, 0.2) is 0 Å². The molecule has 0 bridgehead atoms. The van der Waals surface area contributed by atoms with Gasteiger partial charge in [-0.25, -0.2) is 0 Å². The molecule has 1 aliphatic heterocycles. The summed E-state index contributed by atoms with van der Waals surface area (Å²) in [6, 6.07) is 10.1. The van der Waals surface area contributed by atoms with Gasteiger partial charge in [0.1, 0.15) is 5.75 Å². The van der Waals surface area contributed by atoms with E-state index in [2.05, 4.69) is 17.4 Å². The average molecular weight is 313 g/mol. The van der Waals surface area contributed by atoms with Crippen molar-refractivity contribution in [2.24, 2.45) is 0 Å². The maximum Gasteiger partial charge on any atom is 0.253 e. The molecule has 1 saturated carbocycles. The molecule has 22 heavy (non-hydrogen) atoms. The fourth-order valence-corrected chi connectivity index (χ4v) is 5.12. The minimum Gasteiger partial charge on any atom is -0.497 e. The van der Waals surface area contributed by atoms with E-state index < -0.39 is 0 Å². The van der Waals surface area contributed by atoms with Crippen LogP contribution in [0.4, 0.5) is 0 Å². The van der Waals surface area contributed by atoms with E-state index in [0.29, 0.717) is 0 Å². The Balaban J connectivity index is 1.88. The number of fused-ring (bicyclic) bond motifs is 3. The number of hydrogen-bond donors (Lipinski definition) is 1. The van der Waals surface area contributed by atoms with Crippen LogP contribution in [0.1, 0.15) is 42.5 Å². The largest absolute Gasteiger partial charge is 0.497 e. The van der Waals surface area contributed by atoms with Gasteiger partial charge in [-0.1, -0.05) is 43.2 Å². The second-order valence-electron chi connectivity index (χ2n) is 6.14. The molecule has 4 rings (SSSR count). The molecule has 0 unspecified atom stereocenters. The summed E-state index contributed by atoms with van der Waals surface area (Å²) < 4.78 is 5.37. The summed E-state index contributed by atoms with van der Waals surface area (Å²) >= 11 is 1.85. The Morgan fingerprint density at radius 1 is 1.14 bits per heavy atom. The standard InChI is InChI=1S/C18H19NO2S/c1-21-13-7-5-12-6-8-14-16(15(12)11-13)22-18(19-17(14)20)9-3-2-4-10-18/h5-8,11H,2-4,9-10H2,1H3,(H,19,20). The van der Waals surface area contributed by atoms with Crippen molar-refractivity contribution in [3.05, 3.63) is 35.9 Å². The van der Waals surface area contributed by atoms with Crippen molar-refractivity contribution in [2.75, 3.05) is 7.11 Å². The topological polar surface area (TPSA) is 38.3 Å². The molecule has 114 valence electrons. The van der Waals surface area contributed by atoms with Gasteiger partial charge in [-0.15, -0.1) is 0 Å². The summed E-state index contributed by atoms with van der Waals surface area (Å²) in [4.78, 5) is 13.6. The van der Waals surface area contributed by atoms with E-state index in [0.717, 1.165) is 39.8 Å². The smallest absolute Gasteiger partial charge is 0.253 e. The highest BCUT2D eigenvalue weighted by molar-refractivity contribution is 8.01. The van der Waals surface area contributed by atoms with Crippen LogP contribution < -0.4 is 10.1 Å². The van der Waals surface area contributed by atoms with Crippen LogP contribution in [-0.2, 0) is 0 Å². The normalized spacial score (nSPS) is 19.8. The van der Waals surface area contributed by atoms with Crippen LogP contribution in [0.3, 0.4) is 0 Å². The Morgan fingerprint density at radius 2 is 1.91 bits per heavy atom. The van der Waals surface area contributed by atoms with Gasteiger partial charge >= 0.3 is 0 Å². The number of benzene rings is 2. The lowest BCUT2D eigenvalue weighted by molar-refractivity contribution is 0.0908. The van der Waals surface area contributed by atoms with Gasteiger partial charge < -0.3 is 10.1 Å². The van der Waals surface area contributed by atoms with E-state index in [9.17, 15) is 4.79 Å². The first kappa shape index (κ1) is 13.9. The van der Waals surface area contributed by atoms with Crippen LogP contribution in [0, 0.1) is 0 Å². The average Bonchev–Trinajstić information content (AvgIpc) is 2.55. The molecule has 3 nitrogen and oxygen atoms in total. The first-order valence-electron chi connectivity index (χ1n) is 7.83. The van der Waals surface area contributed by atoms with Crippen LogP contribution in [-0.4, -0.2) is 17.9 Å². The van der Waals surface area contributed by atoms with Crippen molar-refractivity contribution in [3.8, 4) is 5.75 Å². The Bertz CT molecular complexity index is 750. The molecule has 0 radical (unpaired) electrons. The maximum atomic E-state index is 12.6. The first-order chi connectivity index (χ1) is 10.7. The van der Waals surface area contributed by atoms with Crippen molar-refractivity contribution in [1.29, 1.82) is 0 Å². The second-order valence-corrected chi connectivity index (χ2v) is 7.53. The Hall–Kier alpha value is -1.68. The van der Waals surface area contributed by atoms with Crippen LogP contribution in [0.25, 0.3) is 10.8 Å². The molecule has 1 N–H and O–H groups in total. The number of carbonyl (C=O) groups is 1. The van der Waals surface area contributed by atoms with E-state index in [1.165, 1.54) is 19.3 Å². The molecule has 0 aromatic heterocycles. The van der Waals surface area contributed by atoms with E-state index in [1.54, 1.807) is 7.11 Å². The highest BCUT2D eigenvalue weighted by Crippen LogP contribution is 2.48. The van der Waals surface area contributed by atoms with Crippen molar-refractivity contribution in [2.45, 2.75) is 41.9 Å². The molecule has 1 aliphatic carbocycles. The Morgan fingerprint density at radius 3 is 2.68 bits per heavy atom. The minimum absolute atomic E-state index is 0.0698. The molecule has 4 heteroatoms. The van der Waals surface area contributed by atoms with Gasteiger partial charge in [0.2, 0.25) is 0 Å². The lowest BCUT2D eigenvalue weighted by Crippen LogP contribution is -2.49. The Labute approximate surface area is 134 Å². The van der Waals surface area contributed by atoms with E-state index in [4.69, 9.17) is 4.74 Å². The monoisotopic (exact) mass is 313 g/mol. The molecule has 2 aliphatic rings. The van der Waals surface area contributed by atoms with Crippen LogP contribution in [0.2, 0.25) is 0 Å². The molecule has 0 atom stereocenters. The minimum atomic E-state index is -0.111. The number of carbonyl (C=O) groups excluding carboxylic acids is 1. The summed E-state index contributed by atoms with van der Waals surface area (Å²) in [6.07, 6.45) is 5.77. The van der Waals surface area contributed by atoms with Gasteiger partial charge in [0, 0.05) is 4.90 Å². The number of nitrogens with one attached hydrogen (secondary N) is 1. The summed E-state index contributed by atoms with van der Waals surface area (Å²) in [7, 11) is 1.68.